The van der Waals surface area contributed by atoms with Crippen LogP contribution in [0.2, 0.25) is 0 Å². The monoisotopic (exact) mass is 759 g/mol. The quantitative estimate of drug-likeness (QED) is 0.159. The second kappa shape index (κ2) is 15.3. The zero-order valence-electron chi connectivity index (χ0n) is 36.6. The van der Waals surface area contributed by atoms with Crippen molar-refractivity contribution in [3.63, 3.8) is 0 Å². The highest BCUT2D eigenvalue weighted by Gasteiger charge is 2.27. The summed E-state index contributed by atoms with van der Waals surface area (Å²) in [6.07, 6.45) is 0. The predicted octanol–water partition coefficient (Wildman–Crippen LogP) is -7.38. The zero-order chi connectivity index (χ0) is 42.1. The van der Waals surface area contributed by atoms with E-state index in [9.17, 15) is 0 Å². The molecule has 2 aromatic heterocycles. The van der Waals surface area contributed by atoms with Gasteiger partial charge in [0.1, 0.15) is 97.5 Å². The molecule has 7 aromatic carbocycles. The van der Waals surface area contributed by atoms with Crippen LogP contribution in [0.5, 0.6) is 0 Å². The van der Waals surface area contributed by atoms with Crippen LogP contribution in [-0.4, -0.2) is 101 Å². The lowest BCUT2D eigenvalue weighted by Gasteiger charge is -2.24. The van der Waals surface area contributed by atoms with Gasteiger partial charge in [-0.05, 0) is 44.9 Å². The van der Waals surface area contributed by atoms with Crippen molar-refractivity contribution in [2.75, 3.05) is 0 Å². The van der Waals surface area contributed by atoms with Gasteiger partial charge in [0.05, 0.1) is 0 Å². The minimum atomic E-state index is 0.630. The van der Waals surface area contributed by atoms with Gasteiger partial charge in [0.2, 0.25) is 0 Å². The van der Waals surface area contributed by atoms with Gasteiger partial charge in [-0.2, -0.15) is 0 Å². The van der Waals surface area contributed by atoms with E-state index in [4.69, 9.17) is 19.4 Å². The third-order valence-electron chi connectivity index (χ3n) is 13.6. The van der Waals surface area contributed by atoms with Gasteiger partial charge in [-0.3, -0.25) is 0 Å². The van der Waals surface area contributed by atoms with Crippen LogP contribution in [0.15, 0.2) is 114 Å². The molecule has 0 radical (unpaired) electrons. The molecule has 0 amide bonds. The summed E-state index contributed by atoms with van der Waals surface area (Å²) in [4.78, 5) is 15.6. The molecule has 0 saturated heterocycles. The molecule has 0 unspecified atom stereocenters. The Labute approximate surface area is 362 Å². The van der Waals surface area contributed by atoms with Crippen molar-refractivity contribution in [3.8, 4) is 67.5 Å². The van der Waals surface area contributed by atoms with Crippen LogP contribution in [0.1, 0.15) is 0 Å². The first kappa shape index (κ1) is 39.5. The molecule has 9 aromatic rings. The first-order chi connectivity index (χ1) is 28.8. The second-order valence-corrected chi connectivity index (χ2v) is 16.7. The van der Waals surface area contributed by atoms with E-state index in [0.29, 0.717) is 17.5 Å². The van der Waals surface area contributed by atoms with Crippen LogP contribution >= 0.6 is 0 Å². The van der Waals surface area contributed by atoms with Crippen molar-refractivity contribution in [2.24, 2.45) is 0 Å². The molecule has 0 saturated carbocycles. The first-order valence-corrected chi connectivity index (χ1v) is 21.0. The molecule has 0 fully saturated rings. The fourth-order valence-corrected chi connectivity index (χ4v) is 9.33. The topological polar surface area (TPSA) is 51.8 Å². The van der Waals surface area contributed by atoms with E-state index in [-0.39, 0.29) is 0 Å². The summed E-state index contributed by atoms with van der Waals surface area (Å²) in [5.74, 6) is 1.90. The van der Waals surface area contributed by atoms with Gasteiger partial charge in [0, 0.05) is 27.5 Å². The minimum absolute atomic E-state index is 0.630. The number of hydrogen-bond donors (Lipinski definition) is 0. The van der Waals surface area contributed by atoms with Gasteiger partial charge in [0.15, 0.2) is 17.5 Å². The number of nitrogens with zero attached hydrogens (tertiary/aromatic N) is 3. The third kappa shape index (κ3) is 6.36. The van der Waals surface area contributed by atoms with Crippen LogP contribution in [-0.2, 0) is 0 Å². The SMILES string of the molecule is Bc1c(B)c(B)c(-c2c(B)c(B)c(B)c3oc4c(B)c(-c5nc(-c6ccccc6)nc(-c6ccc(-c7cccc(-c8ccccc8)c7)cc6)n5)c(B)c(B)c4c23)c(B)c1B. The lowest BCUT2D eigenvalue weighted by molar-refractivity contribution is 0.674. The van der Waals surface area contributed by atoms with Crippen molar-refractivity contribution in [3.05, 3.63) is 109 Å². The molecule has 9 rings (SSSR count). The van der Waals surface area contributed by atoms with Gasteiger partial charge in [-0.25, -0.2) is 15.0 Å². The van der Waals surface area contributed by atoms with Crippen LogP contribution < -0.4 is 60.1 Å². The molecule has 0 aliphatic heterocycles. The Morgan fingerprint density at radius 1 is 0.283 bits per heavy atom. The lowest BCUT2D eigenvalue weighted by atomic mass is 9.58. The van der Waals surface area contributed by atoms with E-state index in [2.05, 4.69) is 177 Å². The van der Waals surface area contributed by atoms with Gasteiger partial charge in [-0.1, -0.05) is 141 Å². The van der Waals surface area contributed by atoms with Crippen LogP contribution in [0.25, 0.3) is 89.5 Å². The molecule has 0 spiro atoms. The highest BCUT2D eigenvalue weighted by molar-refractivity contribution is 6.71. The zero-order valence-corrected chi connectivity index (χ0v) is 36.6. The van der Waals surface area contributed by atoms with Crippen molar-refractivity contribution in [1.29, 1.82) is 0 Å². The number of benzene rings is 7. The summed E-state index contributed by atoms with van der Waals surface area (Å²) >= 11 is 0. The Balaban J connectivity index is 1.24. The first-order valence-electron chi connectivity index (χ1n) is 21.0. The molecule has 274 valence electrons. The third-order valence-corrected chi connectivity index (χ3v) is 13.6. The average molecular weight is 758 g/mol. The molecule has 0 atom stereocenters. The number of furan rings is 1. The molecule has 60 heavy (non-hydrogen) atoms. The van der Waals surface area contributed by atoms with Gasteiger partial charge in [0.25, 0.3) is 0 Å². The Morgan fingerprint density at radius 2 is 0.683 bits per heavy atom. The van der Waals surface area contributed by atoms with E-state index in [0.717, 1.165) is 49.9 Å². The van der Waals surface area contributed by atoms with Crippen molar-refractivity contribution < 1.29 is 4.42 Å². The maximum Gasteiger partial charge on any atom is 0.164 e. The average Bonchev–Trinajstić information content (AvgIpc) is 3.69. The maximum absolute atomic E-state index is 7.12. The largest absolute Gasteiger partial charge is 0.457 e. The van der Waals surface area contributed by atoms with E-state index in [1.165, 1.54) is 82.2 Å². The van der Waals surface area contributed by atoms with Gasteiger partial charge in [-0.15, -0.1) is 16.4 Å². The minimum Gasteiger partial charge on any atom is -0.457 e. The second-order valence-electron chi connectivity index (χ2n) is 16.7. The standard InChI is InChI=1S/C45H40B11N3O/c46-30-25(27-31(47)36(52)39(55)37(53)32(27)48)26-28-33(49)34(50)29(35(51)42(28)60-41(26)40(56)38(30)54)45-58-43(21-10-5-2-6-11-21)57-44(59-45)22-16-14-20(15-17-22)24-13-7-12-23(18-24)19-8-3-1-4-9-19/h1-18H,46-56H2. The van der Waals surface area contributed by atoms with Crippen molar-refractivity contribution in [2.45, 2.75) is 0 Å². The Kier molecular flexibility index (Phi) is 10.1. The Hall–Kier alpha value is -5.94. The summed E-state index contributed by atoms with van der Waals surface area (Å²) in [5, 5.41) is 2.37. The van der Waals surface area contributed by atoms with E-state index in [1.54, 1.807) is 0 Å². The fraction of sp³-hybridized carbons (Fsp3) is 0. The maximum atomic E-state index is 7.12. The predicted molar refractivity (Wildman–Crippen MR) is 290 cm³/mol. The molecular formula is C45H40B11N3O. The fourth-order valence-electron chi connectivity index (χ4n) is 9.33. The molecule has 0 aliphatic carbocycles. The number of rotatable bonds is 6. The molecule has 4 nitrogen and oxygen atoms in total. The molecule has 0 N–H and O–H groups in total. The number of aromatic nitrogens is 3. The Bertz CT molecular complexity index is 3180. The van der Waals surface area contributed by atoms with Crippen molar-refractivity contribution >= 4 is 168 Å². The van der Waals surface area contributed by atoms with E-state index in [1.807, 2.05) is 18.2 Å². The highest BCUT2D eigenvalue weighted by atomic mass is 16.3. The summed E-state index contributed by atoms with van der Waals surface area (Å²) in [5.41, 5.74) is 25.8. The molecular weight excluding hydrogens is 717 g/mol. The summed E-state index contributed by atoms with van der Waals surface area (Å²) < 4.78 is 7.12. The summed E-state index contributed by atoms with van der Waals surface area (Å²) in [6.45, 7) is 0. The van der Waals surface area contributed by atoms with Crippen LogP contribution in [0, 0.1) is 0 Å². The summed E-state index contributed by atoms with van der Waals surface area (Å²) in [7, 11) is 24.7. The van der Waals surface area contributed by atoms with Crippen LogP contribution in [0.3, 0.4) is 0 Å². The molecule has 0 aliphatic rings. The van der Waals surface area contributed by atoms with Gasteiger partial charge < -0.3 is 4.42 Å². The highest BCUT2D eigenvalue weighted by Crippen LogP contribution is 2.34. The lowest BCUT2D eigenvalue weighted by Crippen LogP contribution is -2.56. The number of hydrogen-bond acceptors (Lipinski definition) is 4. The molecule has 15 heteroatoms. The van der Waals surface area contributed by atoms with Crippen molar-refractivity contribution in [1.82, 2.24) is 15.0 Å². The van der Waals surface area contributed by atoms with E-state index < -0.39 is 0 Å². The summed E-state index contributed by atoms with van der Waals surface area (Å²) in [6, 6.07) is 38.0. The Morgan fingerprint density at radius 3 is 1.27 bits per heavy atom. The van der Waals surface area contributed by atoms with Crippen LogP contribution in [0.4, 0.5) is 0 Å². The molecule has 0 bridgehead atoms. The van der Waals surface area contributed by atoms with Gasteiger partial charge >= 0.3 is 0 Å². The normalized spacial score (nSPS) is 11.4. The number of fused-ring (bicyclic) bond motifs is 3. The molecule has 2 heterocycles. The smallest absolute Gasteiger partial charge is 0.164 e. The van der Waals surface area contributed by atoms with E-state index >= 15 is 0 Å².